The third-order valence-electron chi connectivity index (χ3n) is 4.44. The lowest BCUT2D eigenvalue weighted by Gasteiger charge is -2.05. The van der Waals surface area contributed by atoms with Crippen molar-refractivity contribution in [1.82, 2.24) is 25.8 Å². The zero-order valence-corrected chi connectivity index (χ0v) is 13.6. The number of rotatable bonds is 4. The summed E-state index contributed by atoms with van der Waals surface area (Å²) >= 11 is 0. The molecule has 5 rings (SSSR count). The summed E-state index contributed by atoms with van der Waals surface area (Å²) in [6, 6.07) is 13.2. The van der Waals surface area contributed by atoms with Gasteiger partial charge in [0.2, 0.25) is 11.7 Å². The van der Waals surface area contributed by atoms with Gasteiger partial charge in [-0.05, 0) is 60.5 Å². The molecule has 1 aliphatic carbocycles. The van der Waals surface area contributed by atoms with Crippen LogP contribution in [0.5, 0.6) is 0 Å². The quantitative estimate of drug-likeness (QED) is 0.588. The molecule has 8 heteroatoms. The lowest BCUT2D eigenvalue weighted by Crippen LogP contribution is -2.12. The van der Waals surface area contributed by atoms with Gasteiger partial charge in [0, 0.05) is 22.7 Å². The summed E-state index contributed by atoms with van der Waals surface area (Å²) < 4.78 is 5.54. The van der Waals surface area contributed by atoms with Crippen molar-refractivity contribution in [1.29, 1.82) is 0 Å². The minimum absolute atomic E-state index is 0.0904. The van der Waals surface area contributed by atoms with Crippen molar-refractivity contribution >= 4 is 22.5 Å². The summed E-state index contributed by atoms with van der Waals surface area (Å²) in [7, 11) is 0. The van der Waals surface area contributed by atoms with Crippen molar-refractivity contribution in [3.63, 3.8) is 0 Å². The third-order valence-corrected chi connectivity index (χ3v) is 4.44. The molecular weight excluding hydrogens is 332 g/mol. The number of anilines is 1. The summed E-state index contributed by atoms with van der Waals surface area (Å²) in [6.07, 6.45) is 1.97. The number of carbonyl (C=O) groups is 1. The highest BCUT2D eigenvalue weighted by molar-refractivity contribution is 5.96. The van der Waals surface area contributed by atoms with Crippen molar-refractivity contribution in [2.24, 2.45) is 5.92 Å². The number of amides is 1. The van der Waals surface area contributed by atoms with Gasteiger partial charge in [-0.3, -0.25) is 4.79 Å². The molecule has 0 bridgehead atoms. The van der Waals surface area contributed by atoms with Crippen molar-refractivity contribution in [3.05, 3.63) is 42.5 Å². The molecule has 128 valence electrons. The summed E-state index contributed by atoms with van der Waals surface area (Å²) in [5.74, 6) is 1.44. The van der Waals surface area contributed by atoms with E-state index < -0.39 is 0 Å². The first-order valence-electron chi connectivity index (χ1n) is 8.32. The van der Waals surface area contributed by atoms with E-state index in [2.05, 4.69) is 31.1 Å². The molecule has 0 atom stereocenters. The molecule has 0 saturated heterocycles. The molecule has 1 amide bonds. The maximum atomic E-state index is 11.9. The second-order valence-electron chi connectivity index (χ2n) is 6.32. The zero-order valence-electron chi connectivity index (χ0n) is 13.6. The smallest absolute Gasteiger partial charge is 0.227 e. The number of tetrazole rings is 1. The van der Waals surface area contributed by atoms with Crippen LogP contribution in [-0.2, 0) is 4.79 Å². The van der Waals surface area contributed by atoms with E-state index in [0.717, 1.165) is 40.6 Å². The molecule has 2 N–H and O–H groups in total. The van der Waals surface area contributed by atoms with Crippen molar-refractivity contribution < 1.29 is 9.32 Å². The number of H-pyrrole nitrogens is 1. The fourth-order valence-electron chi connectivity index (χ4n) is 2.87. The Balaban J connectivity index is 1.48. The average Bonchev–Trinajstić information content (AvgIpc) is 3.22. The predicted octanol–water partition coefficient (Wildman–Crippen LogP) is 3.02. The van der Waals surface area contributed by atoms with Crippen LogP contribution >= 0.6 is 0 Å². The van der Waals surface area contributed by atoms with Gasteiger partial charge in [-0.2, -0.15) is 5.21 Å². The lowest BCUT2D eigenvalue weighted by molar-refractivity contribution is -0.117. The molecule has 8 nitrogen and oxygen atoms in total. The van der Waals surface area contributed by atoms with Crippen LogP contribution in [0.3, 0.4) is 0 Å². The molecule has 2 heterocycles. The molecule has 4 aromatic rings. The number of carbonyl (C=O) groups excluding carboxylic acids is 1. The van der Waals surface area contributed by atoms with Crippen LogP contribution < -0.4 is 5.32 Å². The first-order chi connectivity index (χ1) is 12.8. The lowest BCUT2D eigenvalue weighted by atomic mass is 10.1. The molecule has 1 saturated carbocycles. The van der Waals surface area contributed by atoms with Gasteiger partial charge in [-0.25, -0.2) is 0 Å². The zero-order chi connectivity index (χ0) is 17.5. The molecule has 2 aromatic heterocycles. The molecule has 0 aliphatic heterocycles. The topological polar surface area (TPSA) is 110 Å². The van der Waals surface area contributed by atoms with Gasteiger partial charge in [0.15, 0.2) is 5.76 Å². The number of aromatic nitrogens is 5. The molecule has 0 spiro atoms. The molecule has 0 unspecified atom stereocenters. The van der Waals surface area contributed by atoms with Crippen molar-refractivity contribution in [2.45, 2.75) is 12.8 Å². The van der Waals surface area contributed by atoms with Gasteiger partial charge >= 0.3 is 0 Å². The Kier molecular flexibility index (Phi) is 3.27. The van der Waals surface area contributed by atoms with Crippen LogP contribution in [0.4, 0.5) is 5.69 Å². The van der Waals surface area contributed by atoms with Gasteiger partial charge in [0.1, 0.15) is 5.52 Å². The standard InChI is InChI=1S/C18H14N6O2/c25-18(11-1-2-11)19-13-6-3-10(4-7-13)16-14-9-12(17-20-23-24-21-17)5-8-15(14)22-26-16/h3-9,11H,1-2H2,(H,19,25)(H,20,21,23,24). The molecule has 0 radical (unpaired) electrons. The minimum atomic E-state index is 0.0904. The maximum absolute atomic E-state index is 11.9. The van der Waals surface area contributed by atoms with E-state index in [1.165, 1.54) is 0 Å². The molecule has 2 aromatic carbocycles. The van der Waals surface area contributed by atoms with Gasteiger partial charge in [-0.1, -0.05) is 5.16 Å². The Morgan fingerprint density at radius 2 is 1.92 bits per heavy atom. The number of hydrogen-bond acceptors (Lipinski definition) is 6. The Morgan fingerprint density at radius 3 is 2.65 bits per heavy atom. The van der Waals surface area contributed by atoms with Crippen LogP contribution in [0.25, 0.3) is 33.6 Å². The number of nitrogens with one attached hydrogen (secondary N) is 2. The fourth-order valence-corrected chi connectivity index (χ4v) is 2.87. The second-order valence-corrected chi connectivity index (χ2v) is 6.32. The van der Waals surface area contributed by atoms with E-state index in [9.17, 15) is 4.79 Å². The second kappa shape index (κ2) is 5.76. The Bertz CT molecular complexity index is 1080. The van der Waals surface area contributed by atoms with E-state index in [0.29, 0.717) is 11.6 Å². The van der Waals surface area contributed by atoms with Crippen molar-refractivity contribution in [2.75, 3.05) is 5.32 Å². The van der Waals surface area contributed by atoms with E-state index >= 15 is 0 Å². The summed E-state index contributed by atoms with van der Waals surface area (Å²) in [5, 5.41) is 21.9. The van der Waals surface area contributed by atoms with Gasteiger partial charge in [0.25, 0.3) is 0 Å². The van der Waals surface area contributed by atoms with Gasteiger partial charge in [-0.15, -0.1) is 10.2 Å². The molecule has 26 heavy (non-hydrogen) atoms. The van der Waals surface area contributed by atoms with Gasteiger partial charge in [0.05, 0.1) is 5.39 Å². The summed E-state index contributed by atoms with van der Waals surface area (Å²) in [4.78, 5) is 11.9. The van der Waals surface area contributed by atoms with Crippen molar-refractivity contribution in [3.8, 4) is 22.7 Å². The Hall–Kier alpha value is -3.55. The van der Waals surface area contributed by atoms with E-state index in [4.69, 9.17) is 4.52 Å². The maximum Gasteiger partial charge on any atom is 0.227 e. The number of aromatic amines is 1. The Labute approximate surface area is 147 Å². The van der Waals surface area contributed by atoms with E-state index in [1.54, 1.807) is 0 Å². The van der Waals surface area contributed by atoms with Crippen LogP contribution in [-0.4, -0.2) is 31.7 Å². The monoisotopic (exact) mass is 346 g/mol. The van der Waals surface area contributed by atoms with Crippen LogP contribution in [0.15, 0.2) is 47.0 Å². The van der Waals surface area contributed by atoms with Crippen LogP contribution in [0, 0.1) is 5.92 Å². The largest absolute Gasteiger partial charge is 0.355 e. The minimum Gasteiger partial charge on any atom is -0.355 e. The molecule has 1 fully saturated rings. The first kappa shape index (κ1) is 14.8. The Morgan fingerprint density at radius 1 is 1.12 bits per heavy atom. The number of benzene rings is 2. The SMILES string of the molecule is O=C(Nc1ccc(-c2onc3ccc(-c4nn[nH]n4)cc23)cc1)C1CC1. The van der Waals surface area contributed by atoms with Crippen LogP contribution in [0.1, 0.15) is 12.8 Å². The fraction of sp³-hybridized carbons (Fsp3) is 0.167. The first-order valence-corrected chi connectivity index (χ1v) is 8.32. The molecular formula is C18H14N6O2. The number of nitrogens with zero attached hydrogens (tertiary/aromatic N) is 4. The number of hydrogen-bond donors (Lipinski definition) is 2. The van der Waals surface area contributed by atoms with Crippen LogP contribution in [0.2, 0.25) is 0 Å². The molecule has 1 aliphatic rings. The van der Waals surface area contributed by atoms with Gasteiger partial charge < -0.3 is 9.84 Å². The number of fused-ring (bicyclic) bond motifs is 1. The highest BCUT2D eigenvalue weighted by atomic mass is 16.5. The summed E-state index contributed by atoms with van der Waals surface area (Å²) in [6.45, 7) is 0. The summed E-state index contributed by atoms with van der Waals surface area (Å²) in [5.41, 5.74) is 3.23. The highest BCUT2D eigenvalue weighted by Crippen LogP contribution is 2.33. The normalized spacial score (nSPS) is 13.8. The average molecular weight is 346 g/mol. The third kappa shape index (κ3) is 2.61. The predicted molar refractivity (Wildman–Crippen MR) is 94.0 cm³/mol. The van der Waals surface area contributed by atoms with E-state index in [-0.39, 0.29) is 11.8 Å². The van der Waals surface area contributed by atoms with E-state index in [1.807, 2.05) is 42.5 Å². The highest BCUT2D eigenvalue weighted by Gasteiger charge is 2.29.